The lowest BCUT2D eigenvalue weighted by Gasteiger charge is -2.10. The number of nitriles is 1. The molecule has 0 fully saturated rings. The van der Waals surface area contributed by atoms with Gasteiger partial charge in [0, 0.05) is 16.1 Å². The average Bonchev–Trinajstić information content (AvgIpc) is 3.18. The van der Waals surface area contributed by atoms with Crippen LogP contribution in [0.25, 0.3) is 10.8 Å². The number of thiophene rings is 1. The first kappa shape index (κ1) is 19.4. The zero-order chi connectivity index (χ0) is 19.9. The van der Waals surface area contributed by atoms with Crippen molar-refractivity contribution in [2.24, 2.45) is 0 Å². The van der Waals surface area contributed by atoms with Crippen LogP contribution in [0.3, 0.4) is 0 Å². The van der Waals surface area contributed by atoms with E-state index < -0.39 is 0 Å². The van der Waals surface area contributed by atoms with E-state index >= 15 is 0 Å². The van der Waals surface area contributed by atoms with E-state index in [0.717, 1.165) is 21.3 Å². The maximum atomic E-state index is 12.6. The van der Waals surface area contributed by atoms with Crippen LogP contribution in [0.5, 0.6) is 0 Å². The van der Waals surface area contributed by atoms with Gasteiger partial charge in [-0.25, -0.2) is 0 Å². The van der Waals surface area contributed by atoms with Gasteiger partial charge >= 0.3 is 5.97 Å². The maximum absolute atomic E-state index is 12.6. The van der Waals surface area contributed by atoms with Crippen LogP contribution in [0.2, 0.25) is 0 Å². The molecule has 7 heteroatoms. The molecule has 3 rings (SSSR count). The summed E-state index contributed by atoms with van der Waals surface area (Å²) in [5.41, 5.74) is 1.35. The molecule has 0 aliphatic carbocycles. The Bertz CT molecular complexity index is 1050. The van der Waals surface area contributed by atoms with Gasteiger partial charge < -0.3 is 15.4 Å². The van der Waals surface area contributed by atoms with E-state index in [-0.39, 0.29) is 18.4 Å². The smallest absolute Gasteiger partial charge is 0.325 e. The summed E-state index contributed by atoms with van der Waals surface area (Å²) in [6.45, 7) is 2.58. The first-order valence-electron chi connectivity index (χ1n) is 8.80. The van der Waals surface area contributed by atoms with E-state index in [1.807, 2.05) is 36.4 Å². The summed E-state index contributed by atoms with van der Waals surface area (Å²) in [5, 5.41) is 16.5. The number of esters is 1. The molecule has 1 heterocycles. The molecule has 1 amide bonds. The quantitative estimate of drug-likeness (QED) is 0.598. The lowest BCUT2D eigenvalue weighted by atomic mass is 10.0. The number of anilines is 1. The van der Waals surface area contributed by atoms with Gasteiger partial charge in [-0.1, -0.05) is 18.2 Å². The Balaban J connectivity index is 1.71. The number of hydrogen-bond donors (Lipinski definition) is 2. The van der Waals surface area contributed by atoms with Crippen molar-refractivity contribution in [1.82, 2.24) is 5.32 Å². The fourth-order valence-corrected chi connectivity index (χ4v) is 3.52. The van der Waals surface area contributed by atoms with Gasteiger partial charge in [-0.3, -0.25) is 9.59 Å². The summed E-state index contributed by atoms with van der Waals surface area (Å²) in [6, 6.07) is 16.8. The third kappa shape index (κ3) is 4.67. The van der Waals surface area contributed by atoms with Crippen molar-refractivity contribution in [3.63, 3.8) is 0 Å². The van der Waals surface area contributed by atoms with Crippen molar-refractivity contribution in [2.45, 2.75) is 13.5 Å². The lowest BCUT2D eigenvalue weighted by Crippen LogP contribution is -2.22. The monoisotopic (exact) mass is 393 g/mol. The molecule has 28 heavy (non-hydrogen) atoms. The molecule has 0 radical (unpaired) electrons. The molecule has 2 N–H and O–H groups in total. The van der Waals surface area contributed by atoms with Crippen LogP contribution < -0.4 is 10.6 Å². The number of rotatable bonds is 7. The molecule has 142 valence electrons. The van der Waals surface area contributed by atoms with E-state index in [0.29, 0.717) is 23.6 Å². The van der Waals surface area contributed by atoms with Gasteiger partial charge in [-0.2, -0.15) is 5.26 Å². The summed E-state index contributed by atoms with van der Waals surface area (Å²) in [6.07, 6.45) is 0. The number of carbonyl (C=O) groups is 2. The SMILES string of the molecule is CCOC(=O)CNc1ccc2c(C(=O)NCc3ccc(C#N)s3)cccc2c1. The molecule has 1 aromatic heterocycles. The van der Waals surface area contributed by atoms with Gasteiger partial charge in [0.2, 0.25) is 0 Å². The number of nitrogens with one attached hydrogen (secondary N) is 2. The number of fused-ring (bicyclic) bond motifs is 1. The molecule has 0 unspecified atom stereocenters. The van der Waals surface area contributed by atoms with E-state index in [4.69, 9.17) is 10.00 Å². The van der Waals surface area contributed by atoms with Gasteiger partial charge in [0.15, 0.2) is 0 Å². The van der Waals surface area contributed by atoms with E-state index in [1.165, 1.54) is 11.3 Å². The normalized spacial score (nSPS) is 10.3. The standard InChI is InChI=1S/C21H19N3O3S/c1-2-27-20(25)13-23-15-6-9-18-14(10-15)4-3-5-19(18)21(26)24-12-17-8-7-16(11-22)28-17/h3-10,23H,2,12-13H2,1H3,(H,24,26). The van der Waals surface area contributed by atoms with Crippen LogP contribution in [-0.4, -0.2) is 25.0 Å². The highest BCUT2D eigenvalue weighted by Gasteiger charge is 2.11. The molecule has 0 aliphatic rings. The van der Waals surface area contributed by atoms with Crippen molar-refractivity contribution in [2.75, 3.05) is 18.5 Å². The van der Waals surface area contributed by atoms with Crippen molar-refractivity contribution in [3.8, 4) is 6.07 Å². The first-order chi connectivity index (χ1) is 13.6. The van der Waals surface area contributed by atoms with Crippen molar-refractivity contribution >= 4 is 39.7 Å². The van der Waals surface area contributed by atoms with E-state index in [2.05, 4.69) is 16.7 Å². The van der Waals surface area contributed by atoms with Crippen LogP contribution in [0, 0.1) is 11.3 Å². The molecule has 0 saturated carbocycles. The minimum atomic E-state index is -0.316. The Kier molecular flexibility index (Phi) is 6.25. The number of nitrogens with zero attached hydrogens (tertiary/aromatic N) is 1. The molecule has 3 aromatic rings. The molecule has 0 bridgehead atoms. The van der Waals surface area contributed by atoms with Gasteiger partial charge in [-0.05, 0) is 48.0 Å². The van der Waals surface area contributed by atoms with E-state index in [9.17, 15) is 9.59 Å². The first-order valence-corrected chi connectivity index (χ1v) is 9.61. The van der Waals surface area contributed by atoms with Crippen LogP contribution in [0.4, 0.5) is 5.69 Å². The van der Waals surface area contributed by atoms with Gasteiger partial charge in [0.1, 0.15) is 17.5 Å². The number of amides is 1. The highest BCUT2D eigenvalue weighted by Crippen LogP contribution is 2.23. The molecule has 6 nitrogen and oxygen atoms in total. The van der Waals surface area contributed by atoms with E-state index in [1.54, 1.807) is 19.1 Å². The lowest BCUT2D eigenvalue weighted by molar-refractivity contribution is -0.140. The molecule has 2 aromatic carbocycles. The maximum Gasteiger partial charge on any atom is 0.325 e. The predicted octanol–water partition coefficient (Wildman–Crippen LogP) is 3.68. The third-order valence-corrected chi connectivity index (χ3v) is 5.05. The molecular weight excluding hydrogens is 374 g/mol. The number of ether oxygens (including phenoxy) is 1. The summed E-state index contributed by atoms with van der Waals surface area (Å²) < 4.78 is 4.90. The molecular formula is C21H19N3O3S. The summed E-state index contributed by atoms with van der Waals surface area (Å²) in [5.74, 6) is -0.492. The Morgan fingerprint density at radius 3 is 2.79 bits per heavy atom. The minimum Gasteiger partial charge on any atom is -0.465 e. The highest BCUT2D eigenvalue weighted by molar-refractivity contribution is 7.12. The fourth-order valence-electron chi connectivity index (χ4n) is 2.77. The Labute approximate surface area is 166 Å². The second kappa shape index (κ2) is 9.02. The minimum absolute atomic E-state index is 0.0883. The Morgan fingerprint density at radius 1 is 1.18 bits per heavy atom. The third-order valence-electron chi connectivity index (χ3n) is 4.06. The summed E-state index contributed by atoms with van der Waals surface area (Å²) >= 11 is 1.36. The number of hydrogen-bond acceptors (Lipinski definition) is 6. The second-order valence-electron chi connectivity index (χ2n) is 5.96. The van der Waals surface area contributed by atoms with Crippen LogP contribution in [0.15, 0.2) is 48.5 Å². The topological polar surface area (TPSA) is 91.2 Å². The van der Waals surface area contributed by atoms with Gasteiger partial charge in [0.25, 0.3) is 5.91 Å². The Morgan fingerprint density at radius 2 is 2.04 bits per heavy atom. The number of benzene rings is 2. The molecule has 0 atom stereocenters. The van der Waals surface area contributed by atoms with Crippen molar-refractivity contribution in [3.05, 3.63) is 63.8 Å². The molecule has 0 aliphatic heterocycles. The van der Waals surface area contributed by atoms with Crippen molar-refractivity contribution in [1.29, 1.82) is 5.26 Å². The second-order valence-corrected chi connectivity index (χ2v) is 7.13. The average molecular weight is 393 g/mol. The summed E-state index contributed by atoms with van der Waals surface area (Å²) in [4.78, 5) is 25.7. The van der Waals surface area contributed by atoms with Gasteiger partial charge in [-0.15, -0.1) is 11.3 Å². The van der Waals surface area contributed by atoms with Crippen LogP contribution in [-0.2, 0) is 16.1 Å². The zero-order valence-electron chi connectivity index (χ0n) is 15.3. The predicted molar refractivity (Wildman–Crippen MR) is 109 cm³/mol. The molecule has 0 saturated heterocycles. The van der Waals surface area contributed by atoms with Crippen molar-refractivity contribution < 1.29 is 14.3 Å². The zero-order valence-corrected chi connectivity index (χ0v) is 16.1. The molecule has 0 spiro atoms. The van der Waals surface area contributed by atoms with Crippen LogP contribution in [0.1, 0.15) is 27.0 Å². The largest absolute Gasteiger partial charge is 0.465 e. The highest BCUT2D eigenvalue weighted by atomic mass is 32.1. The fraction of sp³-hybridized carbons (Fsp3) is 0.190. The van der Waals surface area contributed by atoms with Gasteiger partial charge in [0.05, 0.1) is 13.2 Å². The Hall–Kier alpha value is -3.37. The van der Waals surface area contributed by atoms with Crippen LogP contribution >= 0.6 is 11.3 Å². The summed E-state index contributed by atoms with van der Waals surface area (Å²) in [7, 11) is 0. The number of carbonyl (C=O) groups excluding carboxylic acids is 2.